The minimum Gasteiger partial charge on any atom is -0.369 e. The summed E-state index contributed by atoms with van der Waals surface area (Å²) in [6.45, 7) is 4.66. The Morgan fingerprint density at radius 1 is 1.11 bits per heavy atom. The second kappa shape index (κ2) is 7.66. The van der Waals surface area contributed by atoms with Gasteiger partial charge in [0.2, 0.25) is 15.7 Å². The van der Waals surface area contributed by atoms with Crippen LogP contribution in [0.25, 0.3) is 0 Å². The van der Waals surface area contributed by atoms with Crippen LogP contribution in [-0.4, -0.2) is 47.6 Å². The van der Waals surface area contributed by atoms with Gasteiger partial charge in [-0.2, -0.15) is 0 Å². The van der Waals surface area contributed by atoms with Crippen LogP contribution in [0.5, 0.6) is 0 Å². The van der Waals surface area contributed by atoms with Gasteiger partial charge in [0.25, 0.3) is 0 Å². The van der Waals surface area contributed by atoms with E-state index >= 15 is 0 Å². The summed E-state index contributed by atoms with van der Waals surface area (Å²) in [5.74, 6) is -0.785. The van der Waals surface area contributed by atoms with E-state index in [-0.39, 0.29) is 15.7 Å². The first-order chi connectivity index (χ1) is 12.8. The minimum absolute atomic E-state index is 0.0166. The molecule has 1 aliphatic rings. The summed E-state index contributed by atoms with van der Waals surface area (Å²) in [4.78, 5) is 15.4. The van der Waals surface area contributed by atoms with Crippen molar-refractivity contribution in [2.24, 2.45) is 0 Å². The molecule has 0 bridgehead atoms. The van der Waals surface area contributed by atoms with Crippen LogP contribution in [0.2, 0.25) is 0 Å². The molecule has 0 radical (unpaired) electrons. The molecule has 0 aromatic heterocycles. The number of amides is 1. The van der Waals surface area contributed by atoms with Gasteiger partial charge in [0.05, 0.1) is 15.5 Å². The van der Waals surface area contributed by atoms with Crippen molar-refractivity contribution in [2.75, 3.05) is 43.0 Å². The topological polar surface area (TPSA) is 69.7 Å². The van der Waals surface area contributed by atoms with Gasteiger partial charge in [0.15, 0.2) is 0 Å². The van der Waals surface area contributed by atoms with E-state index in [4.69, 9.17) is 0 Å². The highest BCUT2D eigenvalue weighted by Crippen LogP contribution is 2.33. The molecule has 27 heavy (non-hydrogen) atoms. The molecule has 1 fully saturated rings. The summed E-state index contributed by atoms with van der Waals surface area (Å²) in [6, 6.07) is 9.67. The fourth-order valence-electron chi connectivity index (χ4n) is 3.03. The largest absolute Gasteiger partial charge is 0.369 e. The molecule has 144 valence electrons. The molecule has 2 aromatic rings. The Hall–Kier alpha value is -2.45. The molecule has 2 aromatic carbocycles. The smallest absolute Gasteiger partial charge is 0.223 e. The number of halogens is 1. The lowest BCUT2D eigenvalue weighted by Gasteiger charge is -2.31. The van der Waals surface area contributed by atoms with Crippen molar-refractivity contribution in [3.05, 3.63) is 48.3 Å². The number of hydrogen-bond acceptors (Lipinski definition) is 5. The first kappa shape index (κ1) is 19.3. The van der Waals surface area contributed by atoms with Gasteiger partial charge in [0.1, 0.15) is 5.82 Å². The van der Waals surface area contributed by atoms with E-state index in [0.29, 0.717) is 5.69 Å². The molecule has 0 spiro atoms. The second-order valence-corrected chi connectivity index (χ2v) is 8.34. The van der Waals surface area contributed by atoms with E-state index in [2.05, 4.69) is 10.2 Å². The van der Waals surface area contributed by atoms with Crippen molar-refractivity contribution in [1.82, 2.24) is 5.32 Å². The van der Waals surface area contributed by atoms with Crippen molar-refractivity contribution in [3.63, 3.8) is 0 Å². The van der Waals surface area contributed by atoms with Gasteiger partial charge in [-0.25, -0.2) is 12.8 Å². The predicted molar refractivity (Wildman–Crippen MR) is 102 cm³/mol. The SMILES string of the molecule is CC(=O)N(C)c1cc(N2CCNCC2)ccc1S(=O)(=O)c1ccc(F)cc1. The summed E-state index contributed by atoms with van der Waals surface area (Å²) in [6.07, 6.45) is 0. The van der Waals surface area contributed by atoms with Crippen LogP contribution in [-0.2, 0) is 14.6 Å². The van der Waals surface area contributed by atoms with Gasteiger partial charge in [0, 0.05) is 45.8 Å². The lowest BCUT2D eigenvalue weighted by atomic mass is 10.2. The summed E-state index contributed by atoms with van der Waals surface area (Å²) < 4.78 is 39.4. The van der Waals surface area contributed by atoms with E-state index in [9.17, 15) is 17.6 Å². The second-order valence-electron chi connectivity index (χ2n) is 6.42. The Balaban J connectivity index is 2.10. The van der Waals surface area contributed by atoms with Gasteiger partial charge in [-0.1, -0.05) is 0 Å². The molecule has 8 heteroatoms. The summed E-state index contributed by atoms with van der Waals surface area (Å²) >= 11 is 0. The van der Waals surface area contributed by atoms with Crippen molar-refractivity contribution < 1.29 is 17.6 Å². The summed E-state index contributed by atoms with van der Waals surface area (Å²) in [7, 11) is -2.36. The number of nitrogens with one attached hydrogen (secondary N) is 1. The third-order valence-electron chi connectivity index (χ3n) is 4.67. The molecule has 1 N–H and O–H groups in total. The standard InChI is InChI=1S/C19H22FN3O3S/c1-14(24)22(2)18-13-16(23-11-9-21-10-12-23)5-8-19(18)27(25,26)17-6-3-15(20)4-7-17/h3-8,13,21H,9-12H2,1-2H3. The Morgan fingerprint density at radius 2 is 1.74 bits per heavy atom. The molecule has 0 unspecified atom stereocenters. The van der Waals surface area contributed by atoms with Crippen molar-refractivity contribution in [1.29, 1.82) is 0 Å². The van der Waals surface area contributed by atoms with Crippen LogP contribution in [0, 0.1) is 5.82 Å². The van der Waals surface area contributed by atoms with Crippen LogP contribution in [0.3, 0.4) is 0 Å². The molecule has 1 amide bonds. The molecular weight excluding hydrogens is 369 g/mol. The molecule has 3 rings (SSSR count). The molecule has 0 saturated carbocycles. The number of carbonyl (C=O) groups excluding carboxylic acids is 1. The zero-order valence-electron chi connectivity index (χ0n) is 15.3. The first-order valence-electron chi connectivity index (χ1n) is 8.65. The number of sulfone groups is 1. The normalized spacial score (nSPS) is 14.9. The molecule has 1 saturated heterocycles. The van der Waals surface area contributed by atoms with Crippen LogP contribution in [0.1, 0.15) is 6.92 Å². The average molecular weight is 391 g/mol. The number of piperazine rings is 1. The highest BCUT2D eigenvalue weighted by Gasteiger charge is 2.25. The summed E-state index contributed by atoms with van der Waals surface area (Å²) in [5.41, 5.74) is 1.17. The highest BCUT2D eigenvalue weighted by molar-refractivity contribution is 7.91. The van der Waals surface area contributed by atoms with E-state index in [1.807, 2.05) is 0 Å². The van der Waals surface area contributed by atoms with Crippen LogP contribution in [0.15, 0.2) is 52.3 Å². The average Bonchev–Trinajstić information content (AvgIpc) is 2.68. The van der Waals surface area contributed by atoms with Crippen molar-refractivity contribution >= 4 is 27.1 Å². The van der Waals surface area contributed by atoms with E-state index in [1.54, 1.807) is 19.2 Å². The van der Waals surface area contributed by atoms with E-state index in [1.165, 1.54) is 30.0 Å². The maximum atomic E-state index is 13.2. The monoisotopic (exact) mass is 391 g/mol. The Bertz CT molecular complexity index is 939. The molecule has 0 atom stereocenters. The van der Waals surface area contributed by atoms with Crippen LogP contribution >= 0.6 is 0 Å². The molecule has 0 aliphatic carbocycles. The van der Waals surface area contributed by atoms with Gasteiger partial charge < -0.3 is 15.1 Å². The number of carbonyl (C=O) groups is 1. The van der Waals surface area contributed by atoms with E-state index < -0.39 is 15.7 Å². The third kappa shape index (κ3) is 3.96. The minimum atomic E-state index is -3.90. The number of benzene rings is 2. The predicted octanol–water partition coefficient (Wildman–Crippen LogP) is 2.05. The zero-order chi connectivity index (χ0) is 19.6. The fraction of sp³-hybridized carbons (Fsp3) is 0.316. The van der Waals surface area contributed by atoms with Crippen molar-refractivity contribution in [3.8, 4) is 0 Å². The maximum absolute atomic E-state index is 13.2. The lowest BCUT2D eigenvalue weighted by molar-refractivity contribution is -0.116. The number of hydrogen-bond donors (Lipinski definition) is 1. The molecule has 6 nitrogen and oxygen atoms in total. The molecular formula is C19H22FN3O3S. The zero-order valence-corrected chi connectivity index (χ0v) is 16.1. The summed E-state index contributed by atoms with van der Waals surface area (Å²) in [5, 5.41) is 3.27. The molecule has 1 heterocycles. The quantitative estimate of drug-likeness (QED) is 0.808. The van der Waals surface area contributed by atoms with Gasteiger partial charge >= 0.3 is 0 Å². The van der Waals surface area contributed by atoms with Crippen LogP contribution < -0.4 is 15.1 Å². The lowest BCUT2D eigenvalue weighted by Crippen LogP contribution is -2.43. The van der Waals surface area contributed by atoms with Crippen molar-refractivity contribution in [2.45, 2.75) is 16.7 Å². The molecule has 1 aliphatic heterocycles. The number of anilines is 2. The van der Waals surface area contributed by atoms with Gasteiger partial charge in [-0.3, -0.25) is 4.79 Å². The van der Waals surface area contributed by atoms with Crippen LogP contribution in [0.4, 0.5) is 15.8 Å². The van der Waals surface area contributed by atoms with Gasteiger partial charge in [-0.05, 0) is 42.5 Å². The first-order valence-corrected chi connectivity index (χ1v) is 10.1. The number of rotatable bonds is 4. The Kier molecular flexibility index (Phi) is 5.48. The van der Waals surface area contributed by atoms with Gasteiger partial charge in [-0.15, -0.1) is 0 Å². The highest BCUT2D eigenvalue weighted by atomic mass is 32.2. The Labute approximate surface area is 158 Å². The number of nitrogens with zero attached hydrogens (tertiary/aromatic N) is 2. The third-order valence-corrected chi connectivity index (χ3v) is 6.49. The Morgan fingerprint density at radius 3 is 2.33 bits per heavy atom. The van der Waals surface area contributed by atoms with E-state index in [0.717, 1.165) is 44.0 Å². The maximum Gasteiger partial charge on any atom is 0.223 e. The fourth-order valence-corrected chi connectivity index (χ4v) is 4.49.